The summed E-state index contributed by atoms with van der Waals surface area (Å²) < 4.78 is 11.3. The second kappa shape index (κ2) is 7.86. The van der Waals surface area contributed by atoms with Crippen LogP contribution < -0.4 is 10.1 Å². The van der Waals surface area contributed by atoms with E-state index in [2.05, 4.69) is 15.5 Å². The maximum Gasteiger partial charge on any atom is 0.265 e. The predicted octanol–water partition coefficient (Wildman–Crippen LogP) is 2.57. The fourth-order valence-corrected chi connectivity index (χ4v) is 5.72. The largest absolute Gasteiger partial charge is 0.507 e. The van der Waals surface area contributed by atoms with Crippen LogP contribution in [0.25, 0.3) is 5.76 Å². The number of hydrogen-bond donors (Lipinski definition) is 3. The minimum absolute atomic E-state index is 0.0520. The number of Topliss-reactive ketones (excluding diaryl/α,β-unsaturated/α-hetero) is 2. The highest BCUT2D eigenvalue weighted by Gasteiger charge is 2.64. The molecule has 3 aromatic rings. The van der Waals surface area contributed by atoms with Crippen molar-refractivity contribution in [3.63, 3.8) is 0 Å². The van der Waals surface area contributed by atoms with Crippen molar-refractivity contribution in [1.82, 2.24) is 15.5 Å². The summed E-state index contributed by atoms with van der Waals surface area (Å²) in [6.07, 6.45) is 2.33. The number of hydrogen-bond acceptors (Lipinski definition) is 9. The molecule has 1 aromatic carbocycles. The molecule has 178 valence electrons. The number of benzene rings is 1. The summed E-state index contributed by atoms with van der Waals surface area (Å²) in [5.74, 6) is -2.90. The molecule has 3 N–H and O–H groups in total. The molecule has 9 heteroatoms. The van der Waals surface area contributed by atoms with Crippen molar-refractivity contribution in [2.45, 2.75) is 31.1 Å². The van der Waals surface area contributed by atoms with Crippen LogP contribution in [0.1, 0.15) is 45.4 Å². The van der Waals surface area contributed by atoms with Crippen LogP contribution in [0.4, 0.5) is 0 Å². The first-order chi connectivity index (χ1) is 16.9. The molecule has 35 heavy (non-hydrogen) atoms. The van der Waals surface area contributed by atoms with Crippen LogP contribution in [0.2, 0.25) is 0 Å². The van der Waals surface area contributed by atoms with Crippen molar-refractivity contribution in [1.29, 1.82) is 0 Å². The highest BCUT2D eigenvalue weighted by molar-refractivity contribution is 6.26. The molecular formula is C26H23N3O6. The zero-order valence-corrected chi connectivity index (χ0v) is 18.9. The van der Waals surface area contributed by atoms with E-state index in [1.807, 2.05) is 30.3 Å². The van der Waals surface area contributed by atoms with E-state index >= 15 is 0 Å². The molecule has 0 unspecified atom stereocenters. The molecule has 0 bridgehead atoms. The summed E-state index contributed by atoms with van der Waals surface area (Å²) in [6, 6.07) is 12.0. The predicted molar refractivity (Wildman–Crippen MR) is 122 cm³/mol. The monoisotopic (exact) mass is 473 g/mol. The van der Waals surface area contributed by atoms with Gasteiger partial charge in [-0.3, -0.25) is 14.6 Å². The Balaban J connectivity index is 1.43. The first kappa shape index (κ1) is 21.7. The van der Waals surface area contributed by atoms with E-state index in [9.17, 15) is 19.8 Å². The average molecular weight is 473 g/mol. The number of carbonyl (C=O) groups excluding carboxylic acids is 2. The topological polar surface area (TPSA) is 135 Å². The van der Waals surface area contributed by atoms with Gasteiger partial charge in [0.1, 0.15) is 17.9 Å². The smallest absolute Gasteiger partial charge is 0.265 e. The van der Waals surface area contributed by atoms with E-state index < -0.39 is 35.0 Å². The standard InChI is InChI=1S/C26H23N3O6/c1-27-20-16-10-14-11-17-15(8-5-9-28-17)21(30)18(14)23(31)26(16,33)24(32)19-22(20)35-29-25(19)34-12-13-6-3-2-4-7-13/h2-9,14,16,20,27,30,33H,10-12H2,1H3/t14-,16+,20+,26+/m1/s1. The summed E-state index contributed by atoms with van der Waals surface area (Å²) in [7, 11) is 1.67. The molecule has 0 radical (unpaired) electrons. The highest BCUT2D eigenvalue weighted by atomic mass is 16.5. The van der Waals surface area contributed by atoms with E-state index in [0.717, 1.165) is 5.56 Å². The van der Waals surface area contributed by atoms with Crippen molar-refractivity contribution < 1.29 is 29.1 Å². The number of aliphatic hydroxyl groups is 2. The highest BCUT2D eigenvalue weighted by Crippen LogP contribution is 2.53. The zero-order chi connectivity index (χ0) is 24.3. The van der Waals surface area contributed by atoms with E-state index in [4.69, 9.17) is 9.26 Å². The van der Waals surface area contributed by atoms with Crippen LogP contribution in [-0.4, -0.2) is 44.6 Å². The van der Waals surface area contributed by atoms with Gasteiger partial charge >= 0.3 is 0 Å². The minimum Gasteiger partial charge on any atom is -0.507 e. The van der Waals surface area contributed by atoms with Gasteiger partial charge in [0.2, 0.25) is 11.6 Å². The summed E-state index contributed by atoms with van der Waals surface area (Å²) in [5.41, 5.74) is -0.396. The lowest BCUT2D eigenvalue weighted by Crippen LogP contribution is -2.63. The van der Waals surface area contributed by atoms with Gasteiger partial charge in [0.25, 0.3) is 5.88 Å². The first-order valence-electron chi connectivity index (χ1n) is 11.5. The van der Waals surface area contributed by atoms with Gasteiger partial charge in [-0.25, -0.2) is 0 Å². The fourth-order valence-electron chi connectivity index (χ4n) is 5.72. The molecule has 2 aromatic heterocycles. The molecule has 0 saturated heterocycles. The van der Waals surface area contributed by atoms with E-state index in [-0.39, 0.29) is 41.6 Å². The Kier molecular flexibility index (Phi) is 4.87. The minimum atomic E-state index is -2.39. The Morgan fingerprint density at radius 3 is 2.74 bits per heavy atom. The van der Waals surface area contributed by atoms with Crippen LogP contribution in [-0.2, 0) is 17.8 Å². The molecule has 4 atom stereocenters. The number of nitrogens with zero attached hydrogens (tertiary/aromatic N) is 2. The van der Waals surface area contributed by atoms with Crippen molar-refractivity contribution in [3.8, 4) is 5.88 Å². The van der Waals surface area contributed by atoms with Crippen LogP contribution in [0, 0.1) is 11.8 Å². The van der Waals surface area contributed by atoms with Gasteiger partial charge < -0.3 is 24.8 Å². The van der Waals surface area contributed by atoms with E-state index in [1.54, 1.807) is 25.4 Å². The first-order valence-corrected chi connectivity index (χ1v) is 11.5. The quantitative estimate of drug-likeness (QED) is 0.489. The molecular weight excluding hydrogens is 450 g/mol. The van der Waals surface area contributed by atoms with Crippen LogP contribution >= 0.6 is 0 Å². The Bertz CT molecular complexity index is 1380. The number of rotatable bonds is 4. The van der Waals surface area contributed by atoms with Crippen molar-refractivity contribution in [2.75, 3.05) is 7.05 Å². The van der Waals surface area contributed by atoms with Gasteiger partial charge in [-0.2, -0.15) is 0 Å². The number of ether oxygens (including phenoxy) is 1. The van der Waals surface area contributed by atoms with Crippen LogP contribution in [0.15, 0.2) is 58.8 Å². The normalized spacial score (nSPS) is 27.1. The maximum absolute atomic E-state index is 13.8. The van der Waals surface area contributed by atoms with Gasteiger partial charge in [-0.05, 0) is 48.7 Å². The maximum atomic E-state index is 13.8. The lowest BCUT2D eigenvalue weighted by Gasteiger charge is -2.47. The Morgan fingerprint density at radius 1 is 1.17 bits per heavy atom. The lowest BCUT2D eigenvalue weighted by molar-refractivity contribution is -0.140. The van der Waals surface area contributed by atoms with Crippen molar-refractivity contribution >= 4 is 17.3 Å². The summed E-state index contributed by atoms with van der Waals surface area (Å²) in [4.78, 5) is 31.9. The van der Waals surface area contributed by atoms with E-state index in [0.29, 0.717) is 17.7 Å². The molecule has 0 aliphatic heterocycles. The third-order valence-electron chi connectivity index (χ3n) is 7.39. The SMILES string of the molecule is CN[C@@H]1c2onc(OCc3ccccc3)c2C(=O)[C@@]2(O)C(=O)C3=C(O)c4cccnc4C[C@H]3C[C@@H]12. The Morgan fingerprint density at radius 2 is 1.97 bits per heavy atom. The van der Waals surface area contributed by atoms with Crippen LogP contribution in [0.3, 0.4) is 0 Å². The van der Waals surface area contributed by atoms with Crippen molar-refractivity contribution in [3.05, 3.63) is 82.4 Å². The molecule has 9 nitrogen and oxygen atoms in total. The van der Waals surface area contributed by atoms with Gasteiger partial charge in [-0.15, -0.1) is 0 Å². The van der Waals surface area contributed by atoms with Crippen LogP contribution in [0.5, 0.6) is 5.88 Å². The Hall–Kier alpha value is -3.82. The molecule has 1 saturated carbocycles. The zero-order valence-electron chi connectivity index (χ0n) is 18.9. The third kappa shape index (κ3) is 3.01. The number of aliphatic hydroxyl groups excluding tert-OH is 1. The third-order valence-corrected chi connectivity index (χ3v) is 7.39. The molecule has 1 fully saturated rings. The summed E-state index contributed by atoms with van der Waals surface area (Å²) in [6.45, 7) is 0.130. The summed E-state index contributed by atoms with van der Waals surface area (Å²) >= 11 is 0. The number of aromatic nitrogens is 2. The van der Waals surface area contributed by atoms with Gasteiger partial charge in [0.05, 0.1) is 11.7 Å². The molecule has 3 aliphatic carbocycles. The molecule has 2 heterocycles. The fraction of sp³-hybridized carbons (Fsp3) is 0.308. The molecule has 3 aliphatic rings. The van der Waals surface area contributed by atoms with Gasteiger partial charge in [-0.1, -0.05) is 30.3 Å². The second-order valence-electron chi connectivity index (χ2n) is 9.20. The number of pyridine rings is 1. The van der Waals surface area contributed by atoms with Gasteiger partial charge in [0.15, 0.2) is 11.4 Å². The molecule has 0 spiro atoms. The lowest BCUT2D eigenvalue weighted by atomic mass is 9.57. The van der Waals surface area contributed by atoms with Crippen molar-refractivity contribution in [2.24, 2.45) is 11.8 Å². The summed E-state index contributed by atoms with van der Waals surface area (Å²) in [5, 5.41) is 29.8. The number of ketones is 2. The van der Waals surface area contributed by atoms with E-state index in [1.165, 1.54) is 0 Å². The van der Waals surface area contributed by atoms with Gasteiger partial charge in [0, 0.05) is 23.3 Å². The number of nitrogens with one attached hydrogen (secondary N) is 1. The average Bonchev–Trinajstić information content (AvgIpc) is 3.30. The number of carbonyl (C=O) groups is 2. The molecule has 6 rings (SSSR count). The Labute approximate surface area is 200 Å². The second-order valence-corrected chi connectivity index (χ2v) is 9.20. The molecule has 0 amide bonds. The number of fused-ring (bicyclic) bond motifs is 4.